The molecule has 1 aromatic rings. The van der Waals surface area contributed by atoms with E-state index in [1.807, 2.05) is 0 Å². The highest BCUT2D eigenvalue weighted by Gasteiger charge is 2.57. The van der Waals surface area contributed by atoms with Gasteiger partial charge in [0.2, 0.25) is 16.3 Å². The standard InChI is InChI=1S/C50H79N7O21S/c1-45(2,3)75-41(61)52-26-22-50(66,23-26)40(60)53-29-21-30(55-43(63)77-47(7,8)9)36(33(58)35(29)74-39-34(59)37(49(13,65)25-71-39)56(14)44(64)78-48(10,11)12)73-38-28(54-42(62)76-46(4,5)6)20-19-27(72-38)24-51-79(69,70)32-18-16-15-17-31(32)57(67)68/h15-19,26,28-30,33-39,51,58-59,65-66H,20-25H2,1-14H3,(H,52,61)(H,53,60)(H,54,62)(H,55,63)/t26?,28-,29-,30+,33-,34-,35+,36-,37-,38-,39-,49+,50?/m1/s1. The molecule has 2 aliphatic heterocycles. The van der Waals surface area contributed by atoms with Gasteiger partial charge in [-0.05, 0) is 115 Å². The number of benzene rings is 1. The Hall–Kier alpha value is -5.66. The Labute approximate surface area is 459 Å². The van der Waals surface area contributed by atoms with Gasteiger partial charge in [0.15, 0.2) is 11.2 Å². The van der Waals surface area contributed by atoms with Crippen LogP contribution >= 0.6 is 0 Å². The second-order valence-corrected chi connectivity index (χ2v) is 26.0. The first-order chi connectivity index (χ1) is 36.1. The van der Waals surface area contributed by atoms with Crippen molar-refractivity contribution in [1.29, 1.82) is 0 Å². The molecule has 29 heteroatoms. The highest BCUT2D eigenvalue weighted by Crippen LogP contribution is 2.37. The van der Waals surface area contributed by atoms with E-state index in [0.717, 1.165) is 17.0 Å². The van der Waals surface area contributed by atoms with Crippen molar-refractivity contribution in [2.75, 3.05) is 20.2 Å². The van der Waals surface area contributed by atoms with Crippen LogP contribution in [0.3, 0.4) is 0 Å². The fourth-order valence-electron chi connectivity index (χ4n) is 9.14. The second-order valence-electron chi connectivity index (χ2n) is 24.3. The number of aliphatic hydroxyl groups is 4. The zero-order valence-electron chi connectivity index (χ0n) is 47.0. The summed E-state index contributed by atoms with van der Waals surface area (Å²) in [5, 5.41) is 70.3. The minimum atomic E-state index is -4.59. The summed E-state index contributed by atoms with van der Waals surface area (Å²) in [5.74, 6) is -1.14. The number of nitrogens with one attached hydrogen (secondary N) is 5. The molecule has 0 unspecified atom stereocenters. The first-order valence-electron chi connectivity index (χ1n) is 25.6. The van der Waals surface area contributed by atoms with Crippen LogP contribution in [-0.2, 0) is 52.7 Å². The lowest BCUT2D eigenvalue weighted by molar-refractivity contribution is -0.387. The summed E-state index contributed by atoms with van der Waals surface area (Å²) in [6.45, 7) is 19.4. The number of nitrogens with zero attached hydrogens (tertiary/aromatic N) is 2. The highest BCUT2D eigenvalue weighted by atomic mass is 32.2. The molecule has 0 bridgehead atoms. The number of hydrogen-bond acceptors (Lipinski definition) is 21. The van der Waals surface area contributed by atoms with Gasteiger partial charge in [-0.3, -0.25) is 14.9 Å². The van der Waals surface area contributed by atoms with E-state index in [-0.39, 0.29) is 25.0 Å². The number of para-hydroxylation sites is 1. The Morgan fingerprint density at radius 3 is 1.77 bits per heavy atom. The van der Waals surface area contributed by atoms with Crippen molar-refractivity contribution in [2.24, 2.45) is 0 Å². The molecule has 9 N–H and O–H groups in total. The molecule has 4 aliphatic rings. The van der Waals surface area contributed by atoms with Gasteiger partial charge >= 0.3 is 24.4 Å². The van der Waals surface area contributed by atoms with Gasteiger partial charge in [0, 0.05) is 32.0 Å². The number of alkyl carbamates (subject to hydrolysis) is 3. The van der Waals surface area contributed by atoms with Crippen LogP contribution in [0, 0.1) is 10.1 Å². The SMILES string of the molecule is CN(C(=O)OC(C)(C)C)[C@@H]1[C@@H](O)[C@@H](O[C@@H]2[C@@H](O)[C@H](O[C@H]3OC(CNS(=O)(=O)c4ccccc4[N+](=O)[O-])=CC[C@H]3NC(=O)OC(C)(C)C)[C@@H](NC(=O)OC(C)(C)C)C[C@H]2NC(=O)C2(O)CC(NC(=O)OC(C)(C)C)C2)OC[C@]1(C)O. The van der Waals surface area contributed by atoms with Crippen LogP contribution in [0.5, 0.6) is 0 Å². The molecule has 2 saturated carbocycles. The lowest BCUT2D eigenvalue weighted by Crippen LogP contribution is -2.72. The van der Waals surface area contributed by atoms with E-state index < -0.39 is 176 Å². The number of ether oxygens (including phenoxy) is 8. The van der Waals surface area contributed by atoms with Crippen molar-refractivity contribution in [3.8, 4) is 0 Å². The average Bonchev–Trinajstić information content (AvgIpc) is 3.26. The van der Waals surface area contributed by atoms with E-state index in [1.54, 1.807) is 83.1 Å². The van der Waals surface area contributed by atoms with Crippen LogP contribution < -0.4 is 26.0 Å². The van der Waals surface area contributed by atoms with Crippen LogP contribution in [0.4, 0.5) is 24.9 Å². The van der Waals surface area contributed by atoms with Crippen LogP contribution in [0.25, 0.3) is 0 Å². The topological polar surface area (TPSA) is 381 Å². The summed E-state index contributed by atoms with van der Waals surface area (Å²) < 4.78 is 76.2. The third-order valence-corrected chi connectivity index (χ3v) is 13.9. The normalized spacial score (nSPS) is 30.4. The molecule has 2 heterocycles. The highest BCUT2D eigenvalue weighted by molar-refractivity contribution is 7.89. The molecule has 0 radical (unpaired) electrons. The minimum absolute atomic E-state index is 0.131. The largest absolute Gasteiger partial charge is 0.466 e. The summed E-state index contributed by atoms with van der Waals surface area (Å²) in [7, 11) is -3.32. The molecule has 28 nitrogen and oxygen atoms in total. The van der Waals surface area contributed by atoms with E-state index in [0.29, 0.717) is 0 Å². The first kappa shape index (κ1) is 64.2. The van der Waals surface area contributed by atoms with E-state index in [4.69, 9.17) is 37.9 Å². The number of hydrogen-bond donors (Lipinski definition) is 9. The summed E-state index contributed by atoms with van der Waals surface area (Å²) in [5.41, 5.74) is -8.73. The zero-order chi connectivity index (χ0) is 59.6. The van der Waals surface area contributed by atoms with Gasteiger partial charge in [-0.15, -0.1) is 0 Å². The van der Waals surface area contributed by atoms with Crippen molar-refractivity contribution >= 4 is 46.0 Å². The third kappa shape index (κ3) is 17.7. The van der Waals surface area contributed by atoms with Gasteiger partial charge < -0.3 is 84.5 Å². The maximum absolute atomic E-state index is 14.3. The monoisotopic (exact) mass is 1150 g/mol. The van der Waals surface area contributed by atoms with Gasteiger partial charge in [-0.2, -0.15) is 0 Å². The number of sulfonamides is 1. The summed E-state index contributed by atoms with van der Waals surface area (Å²) >= 11 is 0. The van der Waals surface area contributed by atoms with Crippen molar-refractivity contribution in [2.45, 2.75) is 221 Å². The molecule has 1 saturated heterocycles. The number of carbonyl (C=O) groups excluding carboxylic acids is 5. The van der Waals surface area contributed by atoms with Gasteiger partial charge in [-0.25, -0.2) is 32.3 Å². The smallest absolute Gasteiger partial charge is 0.410 e. The van der Waals surface area contributed by atoms with Crippen molar-refractivity contribution in [3.63, 3.8) is 0 Å². The average molecular weight is 1150 g/mol. The van der Waals surface area contributed by atoms with Crippen molar-refractivity contribution in [3.05, 3.63) is 46.2 Å². The van der Waals surface area contributed by atoms with Crippen LogP contribution in [-0.4, -0.2) is 190 Å². The molecule has 1 aromatic carbocycles. The van der Waals surface area contributed by atoms with E-state index >= 15 is 0 Å². The molecule has 11 atom stereocenters. The van der Waals surface area contributed by atoms with Gasteiger partial charge in [-0.1, -0.05) is 12.1 Å². The predicted octanol–water partition coefficient (Wildman–Crippen LogP) is 2.43. The molecule has 5 rings (SSSR count). The van der Waals surface area contributed by atoms with Crippen LogP contribution in [0.1, 0.15) is 116 Å². The number of aliphatic hydroxyl groups excluding tert-OH is 2. The molecular weight excluding hydrogens is 1070 g/mol. The number of likely N-dealkylation sites (N-methyl/N-ethyl adjacent to an activating group) is 1. The molecular formula is C50H79N7O21S. The van der Waals surface area contributed by atoms with E-state index in [2.05, 4.69) is 26.0 Å². The first-order valence-corrected chi connectivity index (χ1v) is 27.1. The van der Waals surface area contributed by atoms with Crippen molar-refractivity contribution in [1.82, 2.24) is 30.9 Å². The Morgan fingerprint density at radius 2 is 1.24 bits per heavy atom. The second kappa shape index (κ2) is 24.2. The Bertz CT molecular complexity index is 2530. The lowest BCUT2D eigenvalue weighted by atomic mass is 9.74. The molecule has 79 heavy (non-hydrogen) atoms. The summed E-state index contributed by atoms with van der Waals surface area (Å²) in [6, 6.07) is -1.68. The molecule has 0 aromatic heterocycles. The van der Waals surface area contributed by atoms with Gasteiger partial charge in [0.1, 0.15) is 63.8 Å². The number of amides is 5. The predicted molar refractivity (Wildman–Crippen MR) is 276 cm³/mol. The Balaban J connectivity index is 1.55. The van der Waals surface area contributed by atoms with Gasteiger partial charge in [0.05, 0.1) is 42.2 Å². The molecule has 446 valence electrons. The Kier molecular flexibility index (Phi) is 19.7. The zero-order valence-corrected chi connectivity index (χ0v) is 47.8. The summed E-state index contributed by atoms with van der Waals surface area (Å²) in [6.07, 6.45) is -14.5. The van der Waals surface area contributed by atoms with E-state index in [1.165, 1.54) is 32.2 Å². The number of nitro groups is 1. The number of rotatable bonds is 15. The number of nitro benzene ring substituents is 1. The lowest BCUT2D eigenvalue weighted by Gasteiger charge is -2.51. The fourth-order valence-corrected chi connectivity index (χ4v) is 10.3. The summed E-state index contributed by atoms with van der Waals surface area (Å²) in [4.78, 5) is 78.5. The molecule has 2 aliphatic carbocycles. The molecule has 0 spiro atoms. The van der Waals surface area contributed by atoms with E-state index in [9.17, 15) is 62.9 Å². The van der Waals surface area contributed by atoms with Crippen LogP contribution in [0.15, 0.2) is 41.0 Å². The maximum atomic E-state index is 14.3. The van der Waals surface area contributed by atoms with Crippen LogP contribution in [0.2, 0.25) is 0 Å². The Morgan fingerprint density at radius 1 is 0.747 bits per heavy atom. The fraction of sp³-hybridized carbons (Fsp3) is 0.740. The van der Waals surface area contributed by atoms with Crippen molar-refractivity contribution < 1.29 is 95.6 Å². The molecule has 3 fully saturated rings. The maximum Gasteiger partial charge on any atom is 0.410 e. The minimum Gasteiger partial charge on any atom is -0.466 e. The molecule has 5 amide bonds. The third-order valence-electron chi connectivity index (χ3n) is 12.5. The number of carbonyl (C=O) groups is 5. The quantitative estimate of drug-likeness (QED) is 0.0692. The van der Waals surface area contributed by atoms with Gasteiger partial charge in [0.25, 0.3) is 11.6 Å².